The van der Waals surface area contributed by atoms with Gasteiger partial charge in [-0.05, 0) is 108 Å². The van der Waals surface area contributed by atoms with E-state index in [0.717, 1.165) is 65.6 Å². The minimum absolute atomic E-state index is 0.0701. The van der Waals surface area contributed by atoms with Crippen LogP contribution in [0.25, 0.3) is 22.2 Å². The number of likely N-dealkylation sites (N-methyl/N-ethyl adjacent to an activating group) is 1. The number of ether oxygens (including phenoxy) is 1. The van der Waals surface area contributed by atoms with E-state index < -0.39 is 30.9 Å². The molecule has 1 aromatic heterocycles. The number of amides is 1. The molecule has 1 N–H and O–H groups in total. The molecule has 2 aliphatic heterocycles. The summed E-state index contributed by atoms with van der Waals surface area (Å²) in [7, 11) is -4.09. The molecule has 1 aliphatic carbocycles. The van der Waals surface area contributed by atoms with Gasteiger partial charge in [-0.25, -0.2) is 13.1 Å². The molecule has 0 unspecified atom stereocenters. The Morgan fingerprint density at radius 1 is 0.920 bits per heavy atom. The van der Waals surface area contributed by atoms with Crippen LogP contribution in [0.4, 0.5) is 0 Å². The lowest BCUT2D eigenvalue weighted by molar-refractivity contribution is 0.0977. The Balaban J connectivity index is 1.54. The van der Waals surface area contributed by atoms with Gasteiger partial charge < -0.3 is 9.30 Å². The maximum absolute atomic E-state index is 14.6. The quantitative estimate of drug-likeness (QED) is 0.294. The molecule has 1 amide bonds. The van der Waals surface area contributed by atoms with Gasteiger partial charge in [-0.15, -0.1) is 0 Å². The van der Waals surface area contributed by atoms with Gasteiger partial charge in [0.15, 0.2) is 0 Å². The van der Waals surface area contributed by atoms with Crippen LogP contribution >= 0.6 is 0 Å². The Hall–Kier alpha value is -2.97. The van der Waals surface area contributed by atoms with E-state index in [1.54, 1.807) is 37.4 Å². The van der Waals surface area contributed by atoms with Gasteiger partial charge in [-0.3, -0.25) is 9.69 Å². The third-order valence-electron chi connectivity index (χ3n) is 11.3. The first-order chi connectivity index (χ1) is 23.6. The van der Waals surface area contributed by atoms with E-state index in [4.69, 9.17) is 4.74 Å². The molecule has 3 aromatic rings. The molecule has 6 rings (SSSR count). The smallest absolute Gasteiger partial charge is 0.304 e. The monoisotopic (exact) mass is 727 g/mol. The zero-order chi connectivity index (χ0) is 36.2. The van der Waals surface area contributed by atoms with Crippen LogP contribution in [0.2, 0.25) is 0 Å². The second-order valence-corrected chi connectivity index (χ2v) is 19.5. The maximum Gasteiger partial charge on any atom is 0.304 e. The summed E-state index contributed by atoms with van der Waals surface area (Å²) in [6.07, 6.45) is 6.16. The lowest BCUT2D eigenvalue weighted by atomic mass is 9.81. The normalized spacial score (nSPS) is 22.1. The average molecular weight is 728 g/mol. The fourth-order valence-electron chi connectivity index (χ4n) is 7.94. The molecule has 0 spiro atoms. The van der Waals surface area contributed by atoms with Gasteiger partial charge in [0.05, 0.1) is 17.6 Å². The summed E-state index contributed by atoms with van der Waals surface area (Å²) in [5, 5.41) is 0.958. The van der Waals surface area contributed by atoms with Crippen molar-refractivity contribution in [1.82, 2.24) is 22.8 Å². The molecule has 50 heavy (non-hydrogen) atoms. The van der Waals surface area contributed by atoms with E-state index in [9.17, 15) is 21.6 Å². The van der Waals surface area contributed by atoms with Crippen LogP contribution in [0.1, 0.15) is 93.6 Å². The van der Waals surface area contributed by atoms with Gasteiger partial charge in [-0.1, -0.05) is 25.3 Å². The van der Waals surface area contributed by atoms with Crippen molar-refractivity contribution < 1.29 is 26.4 Å². The first-order valence-electron chi connectivity index (χ1n) is 17.9. The van der Waals surface area contributed by atoms with Crippen LogP contribution < -0.4 is 9.46 Å². The van der Waals surface area contributed by atoms with Crippen molar-refractivity contribution in [2.45, 2.75) is 102 Å². The lowest BCUT2D eigenvalue weighted by Crippen LogP contribution is -2.59. The zero-order valence-electron chi connectivity index (χ0n) is 30.5. The number of hydrogen-bond acceptors (Lipinski definition) is 7. The number of methoxy groups -OCH3 is 1. The SMILES string of the molecule is COc1ccc(-c2c(C3CCCCC3)c3ccc(C(=O)NS(=O)(=O)N4CCC4)cc3n2CC(C)(C)S(=O)(=O)N2C[C@@H](C)N(C)[C@@H](C)C2)c(C)c1. The highest BCUT2D eigenvalue weighted by Crippen LogP contribution is 2.46. The van der Waals surface area contributed by atoms with Gasteiger partial charge in [0.25, 0.3) is 5.91 Å². The van der Waals surface area contributed by atoms with Crippen LogP contribution in [0.3, 0.4) is 0 Å². The number of hydrogen-bond donors (Lipinski definition) is 1. The predicted molar refractivity (Wildman–Crippen MR) is 198 cm³/mol. The number of aryl methyl sites for hydroxylation is 1. The molecule has 13 heteroatoms. The van der Waals surface area contributed by atoms with Gasteiger partial charge >= 0.3 is 10.2 Å². The van der Waals surface area contributed by atoms with Crippen LogP contribution in [-0.4, -0.2) is 98.0 Å². The van der Waals surface area contributed by atoms with E-state index in [2.05, 4.69) is 28.0 Å². The summed E-state index contributed by atoms with van der Waals surface area (Å²) in [5.74, 6) is 0.270. The van der Waals surface area contributed by atoms with E-state index in [1.165, 1.54) is 10.7 Å². The third kappa shape index (κ3) is 6.71. The van der Waals surface area contributed by atoms with Crippen molar-refractivity contribution in [2.75, 3.05) is 40.3 Å². The number of sulfonamides is 1. The Morgan fingerprint density at radius 2 is 1.58 bits per heavy atom. The Kier molecular flexibility index (Phi) is 10.2. The molecule has 1 saturated carbocycles. The number of carbonyl (C=O) groups excluding carboxylic acids is 1. The van der Waals surface area contributed by atoms with Crippen LogP contribution in [0, 0.1) is 6.92 Å². The number of rotatable bonds is 10. The summed E-state index contributed by atoms with van der Waals surface area (Å²) in [4.78, 5) is 15.8. The number of aromatic nitrogens is 1. The number of nitrogens with one attached hydrogen (secondary N) is 1. The molecule has 0 bridgehead atoms. The number of nitrogens with zero attached hydrogens (tertiary/aromatic N) is 4. The van der Waals surface area contributed by atoms with Crippen molar-refractivity contribution >= 4 is 37.0 Å². The second-order valence-electron chi connectivity index (χ2n) is 15.2. The van der Waals surface area contributed by atoms with Crippen molar-refractivity contribution in [2.24, 2.45) is 0 Å². The molecular weight excluding hydrogens is 675 g/mol. The Bertz CT molecular complexity index is 1970. The minimum atomic E-state index is -3.96. The number of carbonyl (C=O) groups is 1. The molecule has 0 radical (unpaired) electrons. The average Bonchev–Trinajstić information content (AvgIpc) is 3.34. The zero-order valence-corrected chi connectivity index (χ0v) is 32.2. The van der Waals surface area contributed by atoms with E-state index >= 15 is 0 Å². The molecule has 11 nitrogen and oxygen atoms in total. The topological polar surface area (TPSA) is 121 Å². The predicted octanol–water partition coefficient (Wildman–Crippen LogP) is 5.49. The summed E-state index contributed by atoms with van der Waals surface area (Å²) < 4.78 is 66.6. The number of benzene rings is 2. The van der Waals surface area contributed by atoms with E-state index in [0.29, 0.717) is 31.7 Å². The molecule has 3 heterocycles. The largest absolute Gasteiger partial charge is 0.497 e. The van der Waals surface area contributed by atoms with Crippen molar-refractivity contribution in [3.8, 4) is 17.0 Å². The van der Waals surface area contributed by atoms with Crippen LogP contribution in [-0.2, 0) is 26.8 Å². The van der Waals surface area contributed by atoms with Gasteiger partial charge in [0.2, 0.25) is 10.0 Å². The molecule has 3 aliphatic rings. The first-order valence-corrected chi connectivity index (χ1v) is 20.8. The van der Waals surface area contributed by atoms with Crippen molar-refractivity contribution in [1.29, 1.82) is 0 Å². The minimum Gasteiger partial charge on any atom is -0.497 e. The van der Waals surface area contributed by atoms with E-state index in [1.807, 2.05) is 38.2 Å². The molecular formula is C37H53N5O6S2. The summed E-state index contributed by atoms with van der Waals surface area (Å²) in [6.45, 7) is 11.5. The summed E-state index contributed by atoms with van der Waals surface area (Å²) in [5.41, 5.74) is 4.99. The van der Waals surface area contributed by atoms with Gasteiger partial charge in [0.1, 0.15) is 5.75 Å². The Morgan fingerprint density at radius 3 is 2.16 bits per heavy atom. The summed E-state index contributed by atoms with van der Waals surface area (Å²) >= 11 is 0. The highest BCUT2D eigenvalue weighted by atomic mass is 32.2. The lowest BCUT2D eigenvalue weighted by Gasteiger charge is -2.44. The first kappa shape index (κ1) is 36.8. The van der Waals surface area contributed by atoms with E-state index in [-0.39, 0.29) is 30.1 Å². The maximum atomic E-state index is 14.6. The van der Waals surface area contributed by atoms with Crippen LogP contribution in [0.5, 0.6) is 5.75 Å². The highest BCUT2D eigenvalue weighted by Gasteiger charge is 2.44. The summed E-state index contributed by atoms with van der Waals surface area (Å²) in [6, 6.07) is 11.5. The fourth-order valence-corrected chi connectivity index (χ4v) is 11.0. The Labute approximate surface area is 298 Å². The van der Waals surface area contributed by atoms with Crippen LogP contribution in [0.15, 0.2) is 36.4 Å². The van der Waals surface area contributed by atoms with Gasteiger partial charge in [-0.2, -0.15) is 17.0 Å². The molecule has 274 valence electrons. The fraction of sp³-hybridized carbons (Fsp3) is 0.595. The third-order valence-corrected chi connectivity index (χ3v) is 15.3. The second kappa shape index (κ2) is 13.9. The number of fused-ring (bicyclic) bond motifs is 1. The molecule has 3 fully saturated rings. The molecule has 2 saturated heterocycles. The van der Waals surface area contributed by atoms with Crippen molar-refractivity contribution in [3.63, 3.8) is 0 Å². The van der Waals surface area contributed by atoms with Crippen molar-refractivity contribution in [3.05, 3.63) is 53.1 Å². The highest BCUT2D eigenvalue weighted by molar-refractivity contribution is 7.90. The molecule has 2 atom stereocenters. The number of piperazine rings is 1. The van der Waals surface area contributed by atoms with Gasteiger partial charge in [0, 0.05) is 66.8 Å². The standard InChI is InChI=1S/C37H53N5O6S2/c1-25-20-30(48-7)15-17-31(25)35-34(28-12-9-8-10-13-28)32-16-14-29(36(43)38-50(46,47)40-18-11-19-40)21-33(32)42(35)24-37(4,5)49(44,45)41-22-26(2)39(6)27(3)23-41/h14-17,20-21,26-28H,8-13,18-19,22-24H2,1-7H3,(H,38,43)/t26-,27+. The molecule has 2 aromatic carbocycles.